The number of carbonyl (C=O) groups excluding carboxylic acids is 2. The molecule has 0 bridgehead atoms. The molecule has 4 rings (SSSR count). The van der Waals surface area contributed by atoms with Crippen LogP contribution >= 0.6 is 0 Å². The summed E-state index contributed by atoms with van der Waals surface area (Å²) in [7, 11) is 0. The zero-order valence-corrected chi connectivity index (χ0v) is 19.2. The monoisotopic (exact) mass is 483 g/mol. The number of alkyl halides is 3. The van der Waals surface area contributed by atoms with E-state index in [4.69, 9.17) is 0 Å². The number of halogens is 3. The van der Waals surface area contributed by atoms with Crippen LogP contribution in [0.3, 0.4) is 0 Å². The van der Waals surface area contributed by atoms with Crippen LogP contribution in [0.15, 0.2) is 54.9 Å². The second-order valence-electron chi connectivity index (χ2n) is 8.41. The quantitative estimate of drug-likeness (QED) is 0.533. The molecule has 1 saturated heterocycles. The van der Waals surface area contributed by atoms with E-state index in [0.717, 1.165) is 0 Å². The van der Waals surface area contributed by atoms with Crippen LogP contribution in [0.4, 0.5) is 30.5 Å². The van der Waals surface area contributed by atoms with E-state index in [1.165, 1.54) is 38.4 Å². The van der Waals surface area contributed by atoms with Gasteiger partial charge in [0.2, 0.25) is 11.9 Å². The van der Waals surface area contributed by atoms with Gasteiger partial charge in [-0.1, -0.05) is 24.3 Å². The van der Waals surface area contributed by atoms with Crippen molar-refractivity contribution < 1.29 is 22.8 Å². The number of amides is 2. The van der Waals surface area contributed by atoms with Crippen LogP contribution in [0.25, 0.3) is 0 Å². The summed E-state index contributed by atoms with van der Waals surface area (Å²) in [5.41, 5.74) is 0.620. The Labute approximate surface area is 200 Å². The molecule has 3 aromatic rings. The lowest BCUT2D eigenvalue weighted by atomic mass is 9.88. The minimum Gasteiger partial charge on any atom is -0.368 e. The molecule has 0 saturated carbocycles. The number of rotatable bonds is 5. The van der Waals surface area contributed by atoms with Crippen molar-refractivity contribution in [3.63, 3.8) is 0 Å². The van der Waals surface area contributed by atoms with Crippen molar-refractivity contribution >= 4 is 29.1 Å². The summed E-state index contributed by atoms with van der Waals surface area (Å²) in [6.07, 6.45) is -1.07. The van der Waals surface area contributed by atoms with Gasteiger partial charge in [-0.15, -0.1) is 0 Å². The van der Waals surface area contributed by atoms with E-state index in [2.05, 4.69) is 20.6 Å². The van der Waals surface area contributed by atoms with Crippen molar-refractivity contribution in [3.05, 3.63) is 77.1 Å². The molecule has 0 unspecified atom stereocenters. The highest BCUT2D eigenvalue weighted by Crippen LogP contribution is 2.44. The maximum atomic E-state index is 14.2. The predicted octanol–water partition coefficient (Wildman–Crippen LogP) is 5.01. The zero-order chi connectivity index (χ0) is 25.2. The molecule has 2 N–H and O–H groups in total. The lowest BCUT2D eigenvalue weighted by Gasteiger charge is -2.24. The number of nitrogens with one attached hydrogen (secondary N) is 2. The Balaban J connectivity index is 1.65. The lowest BCUT2D eigenvalue weighted by Crippen LogP contribution is -2.23. The smallest absolute Gasteiger partial charge is 0.368 e. The highest BCUT2D eigenvalue weighted by Gasteiger charge is 2.40. The van der Waals surface area contributed by atoms with Gasteiger partial charge in [0.15, 0.2) is 0 Å². The normalized spacial score (nSPS) is 15.7. The van der Waals surface area contributed by atoms with Gasteiger partial charge in [-0.25, -0.2) is 9.97 Å². The van der Waals surface area contributed by atoms with E-state index in [9.17, 15) is 22.8 Å². The second kappa shape index (κ2) is 9.73. The Morgan fingerprint density at radius 2 is 1.71 bits per heavy atom. The summed E-state index contributed by atoms with van der Waals surface area (Å²) < 4.78 is 42.6. The molecule has 7 nitrogen and oxygen atoms in total. The molecule has 1 fully saturated rings. The first-order chi connectivity index (χ1) is 16.6. The van der Waals surface area contributed by atoms with E-state index >= 15 is 0 Å². The maximum absolute atomic E-state index is 14.2. The number of aromatic nitrogens is 2. The average Bonchev–Trinajstić information content (AvgIpc) is 3.30. The number of hydrogen-bond donors (Lipinski definition) is 2. The highest BCUT2D eigenvalue weighted by molar-refractivity contribution is 6.04. The molecule has 1 atom stereocenters. The Morgan fingerprint density at radius 1 is 1.03 bits per heavy atom. The van der Waals surface area contributed by atoms with Crippen LogP contribution in [0.1, 0.15) is 46.3 Å². The van der Waals surface area contributed by atoms with Crippen LogP contribution in [0.5, 0.6) is 0 Å². The van der Waals surface area contributed by atoms with Crippen molar-refractivity contribution in [2.24, 2.45) is 0 Å². The van der Waals surface area contributed by atoms with Crippen LogP contribution < -0.4 is 15.5 Å². The Hall–Kier alpha value is -3.95. The molecule has 0 spiro atoms. The van der Waals surface area contributed by atoms with E-state index in [-0.39, 0.29) is 28.7 Å². The summed E-state index contributed by atoms with van der Waals surface area (Å²) in [5.74, 6) is -1.10. The molecule has 35 heavy (non-hydrogen) atoms. The fourth-order valence-corrected chi connectivity index (χ4v) is 4.36. The topological polar surface area (TPSA) is 87.2 Å². The summed E-state index contributed by atoms with van der Waals surface area (Å²) in [4.78, 5) is 34.0. The van der Waals surface area contributed by atoms with Crippen molar-refractivity contribution in [3.8, 4) is 0 Å². The minimum absolute atomic E-state index is 0.0834. The van der Waals surface area contributed by atoms with Crippen LogP contribution in [-0.2, 0) is 11.0 Å². The van der Waals surface area contributed by atoms with Crippen LogP contribution in [0, 0.1) is 6.92 Å². The first-order valence-electron chi connectivity index (χ1n) is 11.0. The van der Waals surface area contributed by atoms with Crippen molar-refractivity contribution in [1.29, 1.82) is 0 Å². The van der Waals surface area contributed by atoms with E-state index in [1.54, 1.807) is 30.3 Å². The summed E-state index contributed by atoms with van der Waals surface area (Å²) >= 11 is 0. The molecular weight excluding hydrogens is 459 g/mol. The third-order valence-corrected chi connectivity index (χ3v) is 5.91. The minimum atomic E-state index is -4.58. The van der Waals surface area contributed by atoms with Gasteiger partial charge in [-0.05, 0) is 42.7 Å². The number of aryl methyl sites for hydroxylation is 1. The molecule has 2 aromatic carbocycles. The van der Waals surface area contributed by atoms with Crippen molar-refractivity contribution in [1.82, 2.24) is 9.97 Å². The van der Waals surface area contributed by atoms with Crippen LogP contribution in [-0.4, -0.2) is 34.9 Å². The number of anilines is 3. The Morgan fingerprint density at radius 3 is 2.34 bits per heavy atom. The second-order valence-corrected chi connectivity index (χ2v) is 8.41. The standard InChI is InChI=1S/C25H24F3N5O2/c1-15-8-9-20(32-23(35)17-6-4-3-5-7-17)21(22(15)25(26,27)28)18-10-11-33(14-18)19-12-29-24(30-13-19)31-16(2)34/h3-9,12-13,18H,10-11,14H2,1-2H3,(H,32,35)(H,29,30,31,34)/t18-/m1/s1. The van der Waals surface area contributed by atoms with E-state index in [1.807, 2.05) is 4.90 Å². The molecule has 2 amide bonds. The molecule has 182 valence electrons. The molecule has 10 heteroatoms. The lowest BCUT2D eigenvalue weighted by molar-refractivity contribution is -0.138. The van der Waals surface area contributed by atoms with Gasteiger partial charge >= 0.3 is 6.18 Å². The van der Waals surface area contributed by atoms with Crippen LogP contribution in [0.2, 0.25) is 0 Å². The van der Waals surface area contributed by atoms with Crippen molar-refractivity contribution in [2.75, 3.05) is 28.6 Å². The molecule has 1 aliphatic heterocycles. The molecule has 2 heterocycles. The summed E-state index contributed by atoms with van der Waals surface area (Å²) in [6, 6.07) is 11.3. The van der Waals surface area contributed by atoms with Gasteiger partial charge < -0.3 is 10.2 Å². The summed E-state index contributed by atoms with van der Waals surface area (Å²) in [6.45, 7) is 3.56. The fourth-order valence-electron chi connectivity index (χ4n) is 4.36. The third kappa shape index (κ3) is 5.42. The number of benzene rings is 2. The SMILES string of the molecule is CC(=O)Nc1ncc(N2CC[C@@H](c3c(NC(=O)c4ccccc4)ccc(C)c3C(F)(F)F)C2)cn1. The number of nitrogens with zero attached hydrogens (tertiary/aromatic N) is 3. The molecular formula is C25H24F3N5O2. The van der Waals surface area contributed by atoms with Gasteiger partial charge in [0.05, 0.1) is 23.6 Å². The largest absolute Gasteiger partial charge is 0.417 e. The predicted molar refractivity (Wildman–Crippen MR) is 126 cm³/mol. The number of carbonyl (C=O) groups is 2. The molecule has 1 aliphatic rings. The average molecular weight is 483 g/mol. The molecule has 1 aromatic heterocycles. The van der Waals surface area contributed by atoms with Crippen molar-refractivity contribution in [2.45, 2.75) is 32.4 Å². The third-order valence-electron chi connectivity index (χ3n) is 5.91. The van der Waals surface area contributed by atoms with E-state index in [0.29, 0.717) is 30.8 Å². The molecule has 0 radical (unpaired) electrons. The first-order valence-corrected chi connectivity index (χ1v) is 11.0. The van der Waals surface area contributed by atoms with Gasteiger partial charge in [0.1, 0.15) is 0 Å². The Bertz CT molecular complexity index is 1230. The van der Waals surface area contributed by atoms with E-state index < -0.39 is 23.6 Å². The maximum Gasteiger partial charge on any atom is 0.417 e. The van der Waals surface area contributed by atoms with Gasteiger partial charge in [-0.2, -0.15) is 13.2 Å². The van der Waals surface area contributed by atoms with Gasteiger partial charge in [-0.3, -0.25) is 14.9 Å². The zero-order valence-electron chi connectivity index (χ0n) is 19.2. The summed E-state index contributed by atoms with van der Waals surface area (Å²) in [5, 5.41) is 5.18. The fraction of sp³-hybridized carbons (Fsp3) is 0.280. The van der Waals surface area contributed by atoms with Gasteiger partial charge in [0.25, 0.3) is 5.91 Å². The highest BCUT2D eigenvalue weighted by atomic mass is 19.4. The van der Waals surface area contributed by atoms with Gasteiger partial charge in [0, 0.05) is 37.2 Å². The Kier molecular flexibility index (Phi) is 6.72. The first kappa shape index (κ1) is 24.2. The molecule has 0 aliphatic carbocycles. The number of hydrogen-bond acceptors (Lipinski definition) is 5.